The van der Waals surface area contributed by atoms with E-state index in [2.05, 4.69) is 0 Å². The van der Waals surface area contributed by atoms with E-state index in [9.17, 15) is 18.3 Å². The van der Waals surface area contributed by atoms with Crippen molar-refractivity contribution in [2.75, 3.05) is 18.0 Å². The SMILES string of the molecule is O=C1OCc2cc(Cl)ccc2N1C1CCN(S(=O)(=O)c2cc(Cl)cc(Cl)c2O)CC1. The van der Waals surface area contributed by atoms with Crippen LogP contribution in [0.1, 0.15) is 18.4 Å². The fraction of sp³-hybridized carbons (Fsp3) is 0.316. The van der Waals surface area contributed by atoms with Gasteiger partial charge in [-0.2, -0.15) is 4.31 Å². The molecular weight excluding hydrogens is 475 g/mol. The number of anilines is 1. The minimum atomic E-state index is -4.01. The van der Waals surface area contributed by atoms with Crippen LogP contribution < -0.4 is 4.90 Å². The maximum absolute atomic E-state index is 13.0. The fourth-order valence-electron chi connectivity index (χ4n) is 3.78. The molecule has 0 aliphatic carbocycles. The fourth-order valence-corrected chi connectivity index (χ4v) is 6.19. The Hall–Kier alpha value is -1.71. The summed E-state index contributed by atoms with van der Waals surface area (Å²) in [6, 6.07) is 7.44. The van der Waals surface area contributed by atoms with Gasteiger partial charge in [-0.15, -0.1) is 0 Å². The highest BCUT2D eigenvalue weighted by Crippen LogP contribution is 2.38. The largest absolute Gasteiger partial charge is 0.505 e. The van der Waals surface area contributed by atoms with Crippen molar-refractivity contribution in [1.29, 1.82) is 0 Å². The number of rotatable bonds is 3. The first-order valence-corrected chi connectivity index (χ1v) is 11.7. The summed E-state index contributed by atoms with van der Waals surface area (Å²) in [5.41, 5.74) is 1.52. The molecule has 0 bridgehead atoms. The average Bonchev–Trinajstić information content (AvgIpc) is 2.71. The van der Waals surface area contributed by atoms with E-state index >= 15 is 0 Å². The normalized spacial score (nSPS) is 18.2. The quantitative estimate of drug-likeness (QED) is 0.674. The summed E-state index contributed by atoms with van der Waals surface area (Å²) in [6.07, 6.45) is 0.321. The van der Waals surface area contributed by atoms with E-state index in [4.69, 9.17) is 39.5 Å². The van der Waals surface area contributed by atoms with Gasteiger partial charge in [-0.3, -0.25) is 4.90 Å². The Bertz CT molecular complexity index is 1120. The van der Waals surface area contributed by atoms with E-state index < -0.39 is 21.9 Å². The first-order chi connectivity index (χ1) is 14.2. The molecule has 160 valence electrons. The molecule has 2 aliphatic heterocycles. The molecule has 0 aromatic heterocycles. The van der Waals surface area contributed by atoms with Crippen LogP contribution in [-0.4, -0.2) is 43.1 Å². The molecule has 4 rings (SSSR count). The zero-order valence-corrected chi connectivity index (χ0v) is 18.6. The van der Waals surface area contributed by atoms with E-state index in [0.29, 0.717) is 17.9 Å². The number of phenols is 1. The number of amides is 1. The van der Waals surface area contributed by atoms with E-state index in [1.54, 1.807) is 23.1 Å². The van der Waals surface area contributed by atoms with Crippen LogP contribution in [0.25, 0.3) is 0 Å². The monoisotopic (exact) mass is 490 g/mol. The molecule has 30 heavy (non-hydrogen) atoms. The van der Waals surface area contributed by atoms with Crippen molar-refractivity contribution in [3.63, 3.8) is 0 Å². The van der Waals surface area contributed by atoms with Gasteiger partial charge in [-0.1, -0.05) is 34.8 Å². The molecule has 1 fully saturated rings. The van der Waals surface area contributed by atoms with Gasteiger partial charge < -0.3 is 9.84 Å². The second-order valence-electron chi connectivity index (χ2n) is 7.07. The summed E-state index contributed by atoms with van der Waals surface area (Å²) in [6.45, 7) is 0.458. The molecule has 0 saturated carbocycles. The predicted molar refractivity (Wildman–Crippen MR) is 114 cm³/mol. The molecule has 11 heteroatoms. The molecule has 1 amide bonds. The van der Waals surface area contributed by atoms with Crippen LogP contribution >= 0.6 is 34.8 Å². The van der Waals surface area contributed by atoms with E-state index in [1.165, 1.54) is 16.4 Å². The average molecular weight is 492 g/mol. The maximum Gasteiger partial charge on any atom is 0.414 e. The summed E-state index contributed by atoms with van der Waals surface area (Å²) in [5.74, 6) is -0.534. The maximum atomic E-state index is 13.0. The van der Waals surface area contributed by atoms with Crippen molar-refractivity contribution in [1.82, 2.24) is 4.31 Å². The predicted octanol–water partition coefficient (Wildman–Crippen LogP) is 4.66. The minimum absolute atomic E-state index is 0.109. The molecule has 0 radical (unpaired) electrons. The number of hydrogen-bond donors (Lipinski definition) is 1. The van der Waals surface area contributed by atoms with Gasteiger partial charge in [0.2, 0.25) is 10.0 Å². The Kier molecular flexibility index (Phi) is 5.80. The smallest absolute Gasteiger partial charge is 0.414 e. The molecule has 0 unspecified atom stereocenters. The number of fused-ring (bicyclic) bond motifs is 1. The summed E-state index contributed by atoms with van der Waals surface area (Å²) in [7, 11) is -4.01. The van der Waals surface area contributed by atoms with Gasteiger partial charge in [-0.05, 0) is 43.2 Å². The van der Waals surface area contributed by atoms with Crippen molar-refractivity contribution in [2.45, 2.75) is 30.4 Å². The molecule has 7 nitrogen and oxygen atoms in total. The Morgan fingerprint density at radius 1 is 1.03 bits per heavy atom. The van der Waals surface area contributed by atoms with Gasteiger partial charge in [-0.25, -0.2) is 13.2 Å². The number of halogens is 3. The van der Waals surface area contributed by atoms with Gasteiger partial charge in [0.1, 0.15) is 11.5 Å². The van der Waals surface area contributed by atoms with Crippen LogP contribution in [0.2, 0.25) is 15.1 Å². The Morgan fingerprint density at radius 3 is 2.43 bits per heavy atom. The number of cyclic esters (lactones) is 1. The lowest BCUT2D eigenvalue weighted by atomic mass is 10.0. The number of phenolic OH excluding ortho intramolecular Hbond substituents is 1. The summed E-state index contributed by atoms with van der Waals surface area (Å²) >= 11 is 17.8. The first-order valence-electron chi connectivity index (χ1n) is 9.11. The van der Waals surface area contributed by atoms with Crippen LogP contribution in [0.5, 0.6) is 5.75 Å². The summed E-state index contributed by atoms with van der Waals surface area (Å²) in [4.78, 5) is 13.7. The third kappa shape index (κ3) is 3.83. The van der Waals surface area contributed by atoms with E-state index in [-0.39, 0.29) is 40.7 Å². The molecule has 2 aliphatic rings. The van der Waals surface area contributed by atoms with E-state index in [1.807, 2.05) is 0 Å². The zero-order chi connectivity index (χ0) is 21.6. The van der Waals surface area contributed by atoms with Crippen molar-refractivity contribution < 1.29 is 23.1 Å². The topological polar surface area (TPSA) is 87.2 Å². The number of carbonyl (C=O) groups is 1. The molecule has 1 N–H and O–H groups in total. The van der Waals surface area contributed by atoms with Crippen molar-refractivity contribution in [2.24, 2.45) is 0 Å². The highest BCUT2D eigenvalue weighted by Gasteiger charge is 2.38. The lowest BCUT2D eigenvalue weighted by Gasteiger charge is -2.39. The number of aromatic hydroxyl groups is 1. The molecule has 0 atom stereocenters. The van der Waals surface area contributed by atoms with Crippen molar-refractivity contribution in [3.05, 3.63) is 51.0 Å². The van der Waals surface area contributed by atoms with Crippen LogP contribution in [0, 0.1) is 0 Å². The van der Waals surface area contributed by atoms with Crippen LogP contribution in [0.15, 0.2) is 35.2 Å². The van der Waals surface area contributed by atoms with Crippen LogP contribution in [-0.2, 0) is 21.4 Å². The van der Waals surface area contributed by atoms with Gasteiger partial charge in [0, 0.05) is 34.7 Å². The van der Waals surface area contributed by atoms with Crippen LogP contribution in [0.3, 0.4) is 0 Å². The summed E-state index contributed by atoms with van der Waals surface area (Å²) in [5, 5.41) is 10.7. The lowest BCUT2D eigenvalue weighted by molar-refractivity contribution is 0.136. The third-order valence-electron chi connectivity index (χ3n) is 5.25. The number of hydrogen-bond acceptors (Lipinski definition) is 5. The van der Waals surface area contributed by atoms with Crippen molar-refractivity contribution in [3.8, 4) is 5.75 Å². The number of carbonyl (C=O) groups excluding carboxylic acids is 1. The summed E-state index contributed by atoms with van der Waals surface area (Å²) < 4.78 is 32.6. The molecule has 2 aromatic rings. The zero-order valence-electron chi connectivity index (χ0n) is 15.5. The Balaban J connectivity index is 1.56. The molecule has 0 spiro atoms. The second kappa shape index (κ2) is 8.09. The van der Waals surface area contributed by atoms with Gasteiger partial charge in [0.25, 0.3) is 0 Å². The minimum Gasteiger partial charge on any atom is -0.505 e. The second-order valence-corrected chi connectivity index (χ2v) is 10.3. The van der Waals surface area contributed by atoms with E-state index in [0.717, 1.165) is 11.3 Å². The molecule has 2 heterocycles. The molecule has 2 aromatic carbocycles. The highest BCUT2D eigenvalue weighted by molar-refractivity contribution is 7.89. The molecular formula is C19H17Cl3N2O5S. The van der Waals surface area contributed by atoms with Gasteiger partial charge in [0.15, 0.2) is 5.75 Å². The number of nitrogens with zero attached hydrogens (tertiary/aromatic N) is 2. The van der Waals surface area contributed by atoms with Gasteiger partial charge in [0.05, 0.1) is 10.7 Å². The Labute approximate surface area is 188 Å². The first kappa shape index (κ1) is 21.5. The third-order valence-corrected chi connectivity index (χ3v) is 7.90. The van der Waals surface area contributed by atoms with Gasteiger partial charge >= 0.3 is 6.09 Å². The number of benzene rings is 2. The molecule has 1 saturated heterocycles. The highest BCUT2D eigenvalue weighted by atomic mass is 35.5. The number of piperidine rings is 1. The Morgan fingerprint density at radius 2 is 1.73 bits per heavy atom. The number of sulfonamides is 1. The lowest BCUT2D eigenvalue weighted by Crippen LogP contribution is -2.50. The van der Waals surface area contributed by atoms with Crippen molar-refractivity contribution >= 4 is 56.6 Å². The number of ether oxygens (including phenoxy) is 1. The standard InChI is InChI=1S/C19H17Cl3N2O5S/c20-12-1-2-16-11(7-12)10-29-19(26)24(16)14-3-5-23(6-4-14)30(27,28)17-9-13(21)8-15(22)18(17)25/h1-2,7-9,14,25H,3-6,10H2. The van der Waals surface area contributed by atoms with Crippen LogP contribution in [0.4, 0.5) is 10.5 Å².